The first-order valence-electron chi connectivity index (χ1n) is 10.9. The van der Waals surface area contributed by atoms with Gasteiger partial charge in [0.15, 0.2) is 6.10 Å². The van der Waals surface area contributed by atoms with E-state index in [2.05, 4.69) is 37.4 Å². The van der Waals surface area contributed by atoms with Gasteiger partial charge in [0.1, 0.15) is 6.54 Å². The summed E-state index contributed by atoms with van der Waals surface area (Å²) in [4.78, 5) is 14.5. The van der Waals surface area contributed by atoms with Crippen molar-refractivity contribution in [2.24, 2.45) is 0 Å². The summed E-state index contributed by atoms with van der Waals surface area (Å²) in [5, 5.41) is 15.2. The average Bonchev–Trinajstić information content (AvgIpc) is 3.49. The molecule has 0 radical (unpaired) electrons. The maximum absolute atomic E-state index is 13.3. The summed E-state index contributed by atoms with van der Waals surface area (Å²) < 4.78 is 6.88. The van der Waals surface area contributed by atoms with Crippen LogP contribution in [0.5, 0.6) is 0 Å². The predicted molar refractivity (Wildman–Crippen MR) is 126 cm³/mol. The van der Waals surface area contributed by atoms with Gasteiger partial charge in [-0.25, -0.2) is 4.79 Å². The number of likely N-dealkylation sites (tertiary alicyclic amines) is 1. The first-order chi connectivity index (χ1) is 15.0. The summed E-state index contributed by atoms with van der Waals surface area (Å²) in [5.74, 6) is -0.555. The Morgan fingerprint density at radius 2 is 1.77 bits per heavy atom. The summed E-state index contributed by atoms with van der Waals surface area (Å²) in [7, 11) is 2.26. The van der Waals surface area contributed by atoms with Crippen molar-refractivity contribution >= 4 is 28.6 Å². The van der Waals surface area contributed by atoms with Gasteiger partial charge in [-0.2, -0.15) is 0 Å². The summed E-state index contributed by atoms with van der Waals surface area (Å²) in [5.41, 5.74) is -0.359. The zero-order valence-corrected chi connectivity index (χ0v) is 19.5. The largest absolute Gasteiger partial charge is 0.454 e. The van der Waals surface area contributed by atoms with Crippen molar-refractivity contribution < 1.29 is 19.1 Å². The zero-order valence-electron chi connectivity index (χ0n) is 17.9. The van der Waals surface area contributed by atoms with Gasteiger partial charge in [0.2, 0.25) is 5.60 Å². The molecule has 1 fully saturated rings. The van der Waals surface area contributed by atoms with Gasteiger partial charge in [0, 0.05) is 12.8 Å². The standard InChI is InChI=1S/C25H30NO3S2/c1-26(15-5-11-20-9-3-2-4-10-20)16-6-12-21(19-26)29-24(27)25(28,22-13-7-17-30-22)23-14-8-18-31-23/h2-4,7-10,13-14,17-18,21,28H,5-6,11-12,15-16,19H2,1H3/q+1/t21-,26-/m1/s1. The van der Waals surface area contributed by atoms with Crippen molar-refractivity contribution in [3.8, 4) is 0 Å². The number of benzene rings is 1. The van der Waals surface area contributed by atoms with E-state index in [0.717, 1.165) is 49.8 Å². The second kappa shape index (κ2) is 9.65. The molecular weight excluding hydrogens is 426 g/mol. The lowest BCUT2D eigenvalue weighted by atomic mass is 9.99. The van der Waals surface area contributed by atoms with Crippen molar-refractivity contribution in [2.45, 2.75) is 37.4 Å². The first kappa shape index (κ1) is 22.2. The number of ether oxygens (including phenoxy) is 1. The molecule has 0 aliphatic carbocycles. The molecule has 4 nitrogen and oxygen atoms in total. The van der Waals surface area contributed by atoms with Crippen LogP contribution in [0.2, 0.25) is 0 Å². The molecule has 0 unspecified atom stereocenters. The molecule has 0 saturated carbocycles. The van der Waals surface area contributed by atoms with Gasteiger partial charge in [-0.3, -0.25) is 0 Å². The van der Waals surface area contributed by atoms with E-state index in [4.69, 9.17) is 4.74 Å². The fraction of sp³-hybridized carbons (Fsp3) is 0.400. The number of quaternary nitrogens is 1. The number of carbonyl (C=O) groups excluding carboxylic acids is 1. The SMILES string of the molecule is C[N@@+]1(CCCc2ccccc2)CCC[C@@H](OC(=O)C(O)(c2cccs2)c2cccs2)C1. The number of thiophene rings is 2. The predicted octanol–water partition coefficient (Wildman–Crippen LogP) is 4.83. The molecule has 0 spiro atoms. The molecule has 0 bridgehead atoms. The number of likely N-dealkylation sites (N-methyl/N-ethyl adjacent to an activating group) is 1. The number of aryl methyl sites for hydroxylation is 1. The maximum atomic E-state index is 13.3. The zero-order chi connectivity index (χ0) is 21.7. The van der Waals surface area contributed by atoms with Crippen molar-refractivity contribution in [2.75, 3.05) is 26.7 Å². The van der Waals surface area contributed by atoms with E-state index < -0.39 is 11.6 Å². The molecular formula is C25H30NO3S2+. The average molecular weight is 457 g/mol. The van der Waals surface area contributed by atoms with Gasteiger partial charge in [0.05, 0.1) is 29.9 Å². The van der Waals surface area contributed by atoms with Gasteiger partial charge in [-0.1, -0.05) is 42.5 Å². The fourth-order valence-electron chi connectivity index (χ4n) is 4.51. The summed E-state index contributed by atoms with van der Waals surface area (Å²) >= 11 is 2.76. The van der Waals surface area contributed by atoms with Crippen LogP contribution >= 0.6 is 22.7 Å². The van der Waals surface area contributed by atoms with Crippen molar-refractivity contribution in [3.05, 3.63) is 80.7 Å². The number of piperidine rings is 1. The number of rotatable bonds is 8. The van der Waals surface area contributed by atoms with Gasteiger partial charge in [-0.05, 0) is 41.3 Å². The van der Waals surface area contributed by atoms with E-state index >= 15 is 0 Å². The molecule has 31 heavy (non-hydrogen) atoms. The van der Waals surface area contributed by atoms with Crippen LogP contribution in [0.3, 0.4) is 0 Å². The van der Waals surface area contributed by atoms with Gasteiger partial charge < -0.3 is 14.3 Å². The lowest BCUT2D eigenvalue weighted by molar-refractivity contribution is -0.917. The second-order valence-electron chi connectivity index (χ2n) is 8.67. The molecule has 1 aromatic carbocycles. The third-order valence-electron chi connectivity index (χ3n) is 6.20. The molecule has 3 aromatic rings. The number of esters is 1. The third-order valence-corrected chi connectivity index (χ3v) is 8.16. The number of hydrogen-bond donors (Lipinski definition) is 1. The highest BCUT2D eigenvalue weighted by molar-refractivity contribution is 7.12. The minimum absolute atomic E-state index is 0.172. The van der Waals surface area contributed by atoms with Gasteiger partial charge >= 0.3 is 5.97 Å². The van der Waals surface area contributed by atoms with Crippen molar-refractivity contribution in [3.63, 3.8) is 0 Å². The van der Waals surface area contributed by atoms with Crippen LogP contribution in [0.25, 0.3) is 0 Å². The lowest BCUT2D eigenvalue weighted by Gasteiger charge is -2.41. The van der Waals surface area contributed by atoms with Crippen molar-refractivity contribution in [1.29, 1.82) is 0 Å². The lowest BCUT2D eigenvalue weighted by Crippen LogP contribution is -2.55. The Morgan fingerprint density at radius 3 is 2.39 bits per heavy atom. The molecule has 3 heterocycles. The smallest absolute Gasteiger partial charge is 0.349 e. The highest BCUT2D eigenvalue weighted by Gasteiger charge is 2.46. The molecule has 1 saturated heterocycles. The van der Waals surface area contributed by atoms with Crippen LogP contribution in [0, 0.1) is 0 Å². The molecule has 6 heteroatoms. The van der Waals surface area contributed by atoms with Gasteiger partial charge in [0.25, 0.3) is 0 Å². The van der Waals surface area contributed by atoms with E-state index in [-0.39, 0.29) is 6.10 Å². The molecule has 0 amide bonds. The first-order valence-corrected chi connectivity index (χ1v) is 12.6. The van der Waals surface area contributed by atoms with Crippen LogP contribution < -0.4 is 0 Å². The summed E-state index contributed by atoms with van der Waals surface area (Å²) in [6.07, 6.45) is 3.87. The van der Waals surface area contributed by atoms with E-state index in [0.29, 0.717) is 9.75 Å². The van der Waals surface area contributed by atoms with Crippen LogP contribution in [-0.4, -0.2) is 48.3 Å². The van der Waals surface area contributed by atoms with E-state index in [1.54, 1.807) is 12.1 Å². The Kier molecular flexibility index (Phi) is 6.92. The number of nitrogens with zero attached hydrogens (tertiary/aromatic N) is 1. The molecule has 1 aliphatic rings. The molecule has 1 aliphatic heterocycles. The molecule has 2 aromatic heterocycles. The molecule has 2 atom stereocenters. The van der Waals surface area contributed by atoms with Crippen LogP contribution in [-0.2, 0) is 21.6 Å². The molecule has 1 N–H and O–H groups in total. The van der Waals surface area contributed by atoms with E-state index in [1.165, 1.54) is 28.2 Å². The molecule has 4 rings (SSSR count). The minimum atomic E-state index is -1.73. The quantitative estimate of drug-likeness (QED) is 0.390. The van der Waals surface area contributed by atoms with Gasteiger partial charge in [-0.15, -0.1) is 22.7 Å². The number of carbonyl (C=O) groups is 1. The monoisotopic (exact) mass is 456 g/mol. The highest BCUT2D eigenvalue weighted by atomic mass is 32.1. The summed E-state index contributed by atoms with van der Waals surface area (Å²) in [6.45, 7) is 2.96. The topological polar surface area (TPSA) is 46.5 Å². The summed E-state index contributed by atoms with van der Waals surface area (Å²) in [6, 6.07) is 17.9. The Bertz CT molecular complexity index is 922. The Hall–Kier alpha value is -1.99. The number of aliphatic hydroxyl groups is 1. The second-order valence-corrected chi connectivity index (χ2v) is 10.6. The fourth-order valence-corrected chi connectivity index (χ4v) is 6.23. The van der Waals surface area contributed by atoms with Crippen LogP contribution in [0.4, 0.5) is 0 Å². The minimum Gasteiger partial charge on any atom is -0.454 e. The van der Waals surface area contributed by atoms with E-state index in [1.807, 2.05) is 22.9 Å². The highest BCUT2D eigenvalue weighted by Crippen LogP contribution is 2.37. The maximum Gasteiger partial charge on any atom is 0.349 e. The van der Waals surface area contributed by atoms with Crippen LogP contribution in [0.15, 0.2) is 65.4 Å². The molecule has 164 valence electrons. The Morgan fingerprint density at radius 1 is 1.10 bits per heavy atom. The Labute approximate surface area is 192 Å². The normalized spacial score (nSPS) is 21.7. The van der Waals surface area contributed by atoms with E-state index in [9.17, 15) is 9.90 Å². The number of hydrogen-bond acceptors (Lipinski definition) is 5. The third kappa shape index (κ3) is 5.09. The Balaban J connectivity index is 1.40. The van der Waals surface area contributed by atoms with Crippen molar-refractivity contribution in [1.82, 2.24) is 0 Å². The van der Waals surface area contributed by atoms with Crippen LogP contribution in [0.1, 0.15) is 34.6 Å².